The van der Waals surface area contributed by atoms with Crippen molar-refractivity contribution >= 4 is 46.3 Å². The van der Waals surface area contributed by atoms with Gasteiger partial charge in [0.05, 0.1) is 10.0 Å². The zero-order valence-electron chi connectivity index (χ0n) is 10.9. The van der Waals surface area contributed by atoms with Crippen LogP contribution in [-0.2, 0) is 6.54 Å². The molecule has 2 aromatic rings. The Balaban J connectivity index is 1.77. The SMILES string of the molecule is NCc1nc(C(=O)NCCNc2ncc(Cl)cc2Cl)cs1. The minimum atomic E-state index is -0.233. The van der Waals surface area contributed by atoms with E-state index < -0.39 is 0 Å². The maximum Gasteiger partial charge on any atom is 0.270 e. The number of halogens is 2. The van der Waals surface area contributed by atoms with Crippen LogP contribution in [0.4, 0.5) is 5.82 Å². The number of rotatable bonds is 6. The predicted molar refractivity (Wildman–Crippen MR) is 85.1 cm³/mol. The van der Waals surface area contributed by atoms with E-state index in [1.165, 1.54) is 17.5 Å². The van der Waals surface area contributed by atoms with Gasteiger partial charge in [-0.25, -0.2) is 9.97 Å². The quantitative estimate of drug-likeness (QED) is 0.697. The van der Waals surface area contributed by atoms with Crippen LogP contribution < -0.4 is 16.4 Å². The number of carbonyl (C=O) groups is 1. The van der Waals surface area contributed by atoms with Crippen molar-refractivity contribution in [2.24, 2.45) is 5.73 Å². The molecule has 1 amide bonds. The molecule has 0 aliphatic rings. The van der Waals surface area contributed by atoms with Crippen LogP contribution in [0, 0.1) is 0 Å². The Morgan fingerprint density at radius 2 is 2.19 bits per heavy atom. The van der Waals surface area contributed by atoms with Gasteiger partial charge in [-0.3, -0.25) is 4.79 Å². The maximum absolute atomic E-state index is 11.8. The minimum Gasteiger partial charge on any atom is -0.367 e. The summed E-state index contributed by atoms with van der Waals surface area (Å²) < 4.78 is 0. The largest absolute Gasteiger partial charge is 0.367 e. The number of nitrogens with one attached hydrogen (secondary N) is 2. The average molecular weight is 346 g/mol. The van der Waals surface area contributed by atoms with Gasteiger partial charge in [-0.2, -0.15) is 0 Å². The van der Waals surface area contributed by atoms with Crippen molar-refractivity contribution in [3.63, 3.8) is 0 Å². The van der Waals surface area contributed by atoms with Crippen LogP contribution in [-0.4, -0.2) is 29.0 Å². The summed E-state index contributed by atoms with van der Waals surface area (Å²) >= 11 is 13.1. The van der Waals surface area contributed by atoms with Crippen molar-refractivity contribution in [1.82, 2.24) is 15.3 Å². The Morgan fingerprint density at radius 1 is 1.38 bits per heavy atom. The number of hydrogen-bond donors (Lipinski definition) is 3. The first-order valence-electron chi connectivity index (χ1n) is 6.07. The third-order valence-electron chi connectivity index (χ3n) is 2.47. The molecule has 0 bridgehead atoms. The van der Waals surface area contributed by atoms with Gasteiger partial charge in [-0.15, -0.1) is 11.3 Å². The van der Waals surface area contributed by atoms with E-state index in [1.807, 2.05) is 0 Å². The zero-order chi connectivity index (χ0) is 15.2. The number of anilines is 1. The molecule has 0 saturated carbocycles. The van der Waals surface area contributed by atoms with Crippen LogP contribution in [0.3, 0.4) is 0 Å². The fraction of sp³-hybridized carbons (Fsp3) is 0.250. The van der Waals surface area contributed by atoms with Gasteiger partial charge in [0.1, 0.15) is 16.5 Å². The molecule has 2 aromatic heterocycles. The highest BCUT2D eigenvalue weighted by Crippen LogP contribution is 2.21. The first-order chi connectivity index (χ1) is 10.1. The molecular weight excluding hydrogens is 333 g/mol. The van der Waals surface area contributed by atoms with Crippen LogP contribution in [0.1, 0.15) is 15.5 Å². The normalized spacial score (nSPS) is 10.4. The van der Waals surface area contributed by atoms with Gasteiger partial charge in [-0.05, 0) is 6.07 Å². The third kappa shape index (κ3) is 4.53. The molecule has 0 fully saturated rings. The zero-order valence-corrected chi connectivity index (χ0v) is 13.2. The Bertz CT molecular complexity index is 634. The lowest BCUT2D eigenvalue weighted by atomic mass is 10.4. The molecule has 0 unspecified atom stereocenters. The molecule has 0 saturated heterocycles. The number of hydrogen-bond acceptors (Lipinski definition) is 6. The van der Waals surface area contributed by atoms with Crippen molar-refractivity contribution in [2.75, 3.05) is 18.4 Å². The summed E-state index contributed by atoms with van der Waals surface area (Å²) in [6.45, 7) is 1.23. The molecule has 112 valence electrons. The fourth-order valence-corrected chi connectivity index (χ4v) is 2.60. The summed E-state index contributed by atoms with van der Waals surface area (Å²) in [6.07, 6.45) is 1.50. The highest BCUT2D eigenvalue weighted by molar-refractivity contribution is 7.09. The molecule has 0 aliphatic carbocycles. The number of nitrogens with two attached hydrogens (primary N) is 1. The van der Waals surface area contributed by atoms with E-state index in [4.69, 9.17) is 28.9 Å². The monoisotopic (exact) mass is 345 g/mol. The summed E-state index contributed by atoms with van der Waals surface area (Å²) in [6, 6.07) is 1.60. The first kappa shape index (κ1) is 16.0. The van der Waals surface area contributed by atoms with Crippen molar-refractivity contribution in [3.8, 4) is 0 Å². The standard InChI is InChI=1S/C12H13Cl2N5OS/c13-7-3-8(14)11(18-5-7)16-1-2-17-12(20)9-6-21-10(4-15)19-9/h3,5-6H,1-2,4,15H2,(H,16,18)(H,17,20). The number of nitrogens with zero attached hydrogens (tertiary/aromatic N) is 2. The Kier molecular flexibility index (Phi) is 5.75. The summed E-state index contributed by atoms with van der Waals surface area (Å²) in [5.74, 6) is 0.289. The highest BCUT2D eigenvalue weighted by atomic mass is 35.5. The van der Waals surface area contributed by atoms with Crippen molar-refractivity contribution in [1.29, 1.82) is 0 Å². The topological polar surface area (TPSA) is 92.9 Å². The van der Waals surface area contributed by atoms with Crippen molar-refractivity contribution < 1.29 is 4.79 Å². The Morgan fingerprint density at radius 3 is 2.86 bits per heavy atom. The van der Waals surface area contributed by atoms with E-state index in [-0.39, 0.29) is 5.91 Å². The molecular formula is C12H13Cl2N5OS. The van der Waals surface area contributed by atoms with Crippen LogP contribution in [0.5, 0.6) is 0 Å². The van der Waals surface area contributed by atoms with Gasteiger partial charge in [0, 0.05) is 31.2 Å². The number of aromatic nitrogens is 2. The molecule has 0 atom stereocenters. The Labute approximate surface area is 135 Å². The third-order valence-corrected chi connectivity index (χ3v) is 3.84. The lowest BCUT2D eigenvalue weighted by Gasteiger charge is -2.08. The van der Waals surface area contributed by atoms with Gasteiger partial charge < -0.3 is 16.4 Å². The molecule has 4 N–H and O–H groups in total. The Hall–Kier alpha value is -1.41. The summed E-state index contributed by atoms with van der Waals surface area (Å²) in [7, 11) is 0. The molecule has 2 rings (SSSR count). The fourth-order valence-electron chi connectivity index (χ4n) is 1.50. The second-order valence-corrected chi connectivity index (χ2v) is 5.78. The van der Waals surface area contributed by atoms with Gasteiger partial charge in [-0.1, -0.05) is 23.2 Å². The van der Waals surface area contributed by atoms with Gasteiger partial charge in [0.25, 0.3) is 5.91 Å². The van der Waals surface area contributed by atoms with Crippen LogP contribution in [0.25, 0.3) is 0 Å². The van der Waals surface area contributed by atoms with Crippen molar-refractivity contribution in [3.05, 3.63) is 38.4 Å². The molecule has 0 aliphatic heterocycles. The van der Waals surface area contributed by atoms with Crippen LogP contribution in [0.15, 0.2) is 17.6 Å². The number of amides is 1. The van der Waals surface area contributed by atoms with Gasteiger partial charge in [0.15, 0.2) is 0 Å². The van der Waals surface area contributed by atoms with E-state index in [2.05, 4.69) is 20.6 Å². The van der Waals surface area contributed by atoms with Crippen molar-refractivity contribution in [2.45, 2.75) is 6.54 Å². The maximum atomic E-state index is 11.8. The molecule has 9 heteroatoms. The number of carbonyl (C=O) groups excluding carboxylic acids is 1. The smallest absolute Gasteiger partial charge is 0.270 e. The van der Waals surface area contributed by atoms with Crippen LogP contribution in [0.2, 0.25) is 10.0 Å². The molecule has 2 heterocycles. The number of pyridine rings is 1. The van der Waals surface area contributed by atoms with E-state index in [9.17, 15) is 4.79 Å². The second kappa shape index (κ2) is 7.56. The van der Waals surface area contributed by atoms with E-state index in [1.54, 1.807) is 11.4 Å². The van der Waals surface area contributed by atoms with Gasteiger partial charge in [0.2, 0.25) is 0 Å². The lowest BCUT2D eigenvalue weighted by Crippen LogP contribution is -2.29. The molecule has 0 aromatic carbocycles. The highest BCUT2D eigenvalue weighted by Gasteiger charge is 2.09. The van der Waals surface area contributed by atoms with Gasteiger partial charge >= 0.3 is 0 Å². The van der Waals surface area contributed by atoms with Crippen LogP contribution >= 0.6 is 34.5 Å². The number of thiazole rings is 1. The molecule has 21 heavy (non-hydrogen) atoms. The second-order valence-electron chi connectivity index (χ2n) is 4.00. The molecule has 0 spiro atoms. The van der Waals surface area contributed by atoms with E-state index >= 15 is 0 Å². The predicted octanol–water partition coefficient (Wildman–Crippen LogP) is 2.15. The summed E-state index contributed by atoms with van der Waals surface area (Å²) in [5, 5.41) is 9.07. The van der Waals surface area contributed by atoms with E-state index in [0.717, 1.165) is 5.01 Å². The summed E-state index contributed by atoms with van der Waals surface area (Å²) in [5.41, 5.74) is 5.83. The first-order valence-corrected chi connectivity index (χ1v) is 7.71. The summed E-state index contributed by atoms with van der Waals surface area (Å²) in [4.78, 5) is 20.0. The van der Waals surface area contributed by atoms with E-state index in [0.29, 0.717) is 41.2 Å². The minimum absolute atomic E-state index is 0.233. The molecule has 0 radical (unpaired) electrons. The molecule has 6 nitrogen and oxygen atoms in total. The lowest BCUT2D eigenvalue weighted by molar-refractivity contribution is 0.0950. The average Bonchev–Trinajstić information content (AvgIpc) is 2.94.